The maximum absolute atomic E-state index is 10.6. The second-order valence-corrected chi connectivity index (χ2v) is 3.43. The minimum absolute atomic E-state index is 0.0685. The van der Waals surface area contributed by atoms with Crippen molar-refractivity contribution in [3.8, 4) is 11.5 Å². The molecule has 0 fully saturated rings. The Hall–Kier alpha value is -1.75. The zero-order chi connectivity index (χ0) is 12.1. The first-order chi connectivity index (χ1) is 7.54. The van der Waals surface area contributed by atoms with Crippen LogP contribution in [0.4, 0.5) is 5.69 Å². The Balaban J connectivity index is 2.97. The molecule has 1 aromatic rings. The summed E-state index contributed by atoms with van der Waals surface area (Å²) >= 11 is 5.53. The fraction of sp³-hybridized carbons (Fsp3) is 0.200. The van der Waals surface area contributed by atoms with Crippen LogP contribution in [0.3, 0.4) is 0 Å². The topological polar surface area (TPSA) is 61.6 Å². The zero-order valence-electron chi connectivity index (χ0n) is 8.60. The van der Waals surface area contributed by atoms with Crippen LogP contribution in [0.2, 0.25) is 0 Å². The van der Waals surface area contributed by atoms with Gasteiger partial charge in [0.25, 0.3) is 5.69 Å². The molecule has 0 aliphatic heterocycles. The number of non-ortho nitro benzene ring substituents is 1. The van der Waals surface area contributed by atoms with Crippen molar-refractivity contribution in [2.75, 3.05) is 13.7 Å². The van der Waals surface area contributed by atoms with Gasteiger partial charge in [-0.2, -0.15) is 0 Å². The number of halogens is 1. The van der Waals surface area contributed by atoms with Crippen molar-refractivity contribution >= 4 is 17.3 Å². The van der Waals surface area contributed by atoms with E-state index >= 15 is 0 Å². The number of benzene rings is 1. The van der Waals surface area contributed by atoms with E-state index in [1.807, 2.05) is 0 Å². The summed E-state index contributed by atoms with van der Waals surface area (Å²) in [6.07, 6.45) is 0. The van der Waals surface area contributed by atoms with Gasteiger partial charge in [0.15, 0.2) is 11.5 Å². The summed E-state index contributed by atoms with van der Waals surface area (Å²) < 4.78 is 10.2. The minimum atomic E-state index is -0.512. The lowest BCUT2D eigenvalue weighted by Gasteiger charge is -2.09. The van der Waals surface area contributed by atoms with Crippen LogP contribution < -0.4 is 9.47 Å². The van der Waals surface area contributed by atoms with Crippen LogP contribution in [-0.2, 0) is 0 Å². The minimum Gasteiger partial charge on any atom is -0.493 e. The van der Waals surface area contributed by atoms with Crippen LogP contribution in [0.1, 0.15) is 0 Å². The lowest BCUT2D eigenvalue weighted by atomic mass is 10.3. The third-order valence-electron chi connectivity index (χ3n) is 1.74. The average molecular weight is 244 g/mol. The molecule has 0 aliphatic rings. The van der Waals surface area contributed by atoms with Crippen LogP contribution in [0.25, 0.3) is 0 Å². The average Bonchev–Trinajstić information content (AvgIpc) is 2.25. The fourth-order valence-corrected chi connectivity index (χ4v) is 1.10. The van der Waals surface area contributed by atoms with Crippen molar-refractivity contribution in [3.63, 3.8) is 0 Å². The predicted octanol–water partition coefficient (Wildman–Crippen LogP) is 2.73. The standard InChI is InChI=1S/C10H10ClNO4/c1-7(11)6-16-10-5-8(12(13)14)3-4-9(10)15-2/h3-5H,1,6H2,2H3. The lowest BCUT2D eigenvalue weighted by Crippen LogP contribution is -1.99. The summed E-state index contributed by atoms with van der Waals surface area (Å²) in [4.78, 5) is 10.0. The van der Waals surface area contributed by atoms with Gasteiger partial charge in [-0.25, -0.2) is 0 Å². The second kappa shape index (κ2) is 5.37. The summed E-state index contributed by atoms with van der Waals surface area (Å²) in [5.74, 6) is 0.669. The molecule has 0 radical (unpaired) electrons. The largest absolute Gasteiger partial charge is 0.493 e. The molecule has 0 aliphatic carbocycles. The molecule has 0 heterocycles. The first-order valence-electron chi connectivity index (χ1n) is 4.33. The van der Waals surface area contributed by atoms with E-state index < -0.39 is 4.92 Å². The third-order valence-corrected chi connectivity index (χ3v) is 1.85. The molecule has 16 heavy (non-hydrogen) atoms. The number of hydrogen-bond acceptors (Lipinski definition) is 4. The highest BCUT2D eigenvalue weighted by molar-refractivity contribution is 6.29. The smallest absolute Gasteiger partial charge is 0.273 e. The number of methoxy groups -OCH3 is 1. The van der Waals surface area contributed by atoms with E-state index in [0.29, 0.717) is 10.8 Å². The van der Waals surface area contributed by atoms with Crippen molar-refractivity contribution in [2.24, 2.45) is 0 Å². The predicted molar refractivity (Wildman–Crippen MR) is 60.1 cm³/mol. The van der Waals surface area contributed by atoms with Gasteiger partial charge in [0, 0.05) is 11.1 Å². The summed E-state index contributed by atoms with van der Waals surface area (Å²) in [5.41, 5.74) is -0.0732. The highest BCUT2D eigenvalue weighted by Gasteiger charge is 2.12. The van der Waals surface area contributed by atoms with Crippen molar-refractivity contribution in [1.29, 1.82) is 0 Å². The van der Waals surface area contributed by atoms with Crippen molar-refractivity contribution in [3.05, 3.63) is 39.9 Å². The molecule has 86 valence electrons. The molecule has 0 N–H and O–H groups in total. The lowest BCUT2D eigenvalue weighted by molar-refractivity contribution is -0.385. The van der Waals surface area contributed by atoms with Gasteiger partial charge in [-0.05, 0) is 6.07 Å². The Bertz CT molecular complexity index is 419. The first kappa shape index (κ1) is 12.3. The summed E-state index contributed by atoms with van der Waals surface area (Å²) in [6, 6.07) is 4.07. The Kier molecular flexibility index (Phi) is 4.13. The molecule has 0 saturated carbocycles. The SMILES string of the molecule is C=C(Cl)COc1cc([N+](=O)[O-])ccc1OC. The summed E-state index contributed by atoms with van der Waals surface area (Å²) in [6.45, 7) is 3.52. The van der Waals surface area contributed by atoms with Gasteiger partial charge in [0.1, 0.15) is 6.61 Å². The van der Waals surface area contributed by atoms with Gasteiger partial charge in [-0.15, -0.1) is 0 Å². The molecular formula is C10H10ClNO4. The number of hydrogen-bond donors (Lipinski definition) is 0. The van der Waals surface area contributed by atoms with Gasteiger partial charge in [0.05, 0.1) is 18.1 Å². The first-order valence-corrected chi connectivity index (χ1v) is 4.71. The number of nitrogens with zero attached hydrogens (tertiary/aromatic N) is 1. The molecule has 5 nitrogen and oxygen atoms in total. The van der Waals surface area contributed by atoms with E-state index in [2.05, 4.69) is 6.58 Å². The second-order valence-electron chi connectivity index (χ2n) is 2.90. The molecular weight excluding hydrogens is 234 g/mol. The molecule has 6 heteroatoms. The van der Waals surface area contributed by atoms with Crippen molar-refractivity contribution in [2.45, 2.75) is 0 Å². The molecule has 0 unspecified atom stereocenters. The van der Waals surface area contributed by atoms with Crippen molar-refractivity contribution in [1.82, 2.24) is 0 Å². The quantitative estimate of drug-likeness (QED) is 0.589. The molecule has 1 aromatic carbocycles. The number of rotatable bonds is 5. The van der Waals surface area contributed by atoms with E-state index in [0.717, 1.165) is 0 Å². The molecule has 1 rings (SSSR count). The van der Waals surface area contributed by atoms with E-state index in [4.69, 9.17) is 21.1 Å². The van der Waals surface area contributed by atoms with Crippen molar-refractivity contribution < 1.29 is 14.4 Å². The fourth-order valence-electron chi connectivity index (χ4n) is 1.05. The van der Waals surface area contributed by atoms with Crippen LogP contribution >= 0.6 is 11.6 Å². The molecule has 0 amide bonds. The van der Waals surface area contributed by atoms with Crippen LogP contribution in [0.15, 0.2) is 29.8 Å². The third kappa shape index (κ3) is 3.13. The molecule has 0 saturated heterocycles. The van der Waals surface area contributed by atoms with E-state index in [1.54, 1.807) is 0 Å². The number of ether oxygens (including phenoxy) is 2. The van der Waals surface area contributed by atoms with Gasteiger partial charge in [-0.3, -0.25) is 10.1 Å². The Morgan fingerprint density at radius 2 is 2.25 bits per heavy atom. The highest BCUT2D eigenvalue weighted by Crippen LogP contribution is 2.31. The molecule has 0 atom stereocenters. The maximum Gasteiger partial charge on any atom is 0.273 e. The number of nitro groups is 1. The van der Waals surface area contributed by atoms with Crippen LogP contribution in [0, 0.1) is 10.1 Å². The Labute approximate surface area is 97.4 Å². The summed E-state index contributed by atoms with van der Waals surface area (Å²) in [5, 5.41) is 10.9. The molecule has 0 bridgehead atoms. The zero-order valence-corrected chi connectivity index (χ0v) is 9.36. The van der Waals surface area contributed by atoms with Gasteiger partial charge >= 0.3 is 0 Å². The number of nitro benzene ring substituents is 1. The molecule has 0 aromatic heterocycles. The van der Waals surface area contributed by atoms with E-state index in [9.17, 15) is 10.1 Å². The normalized spacial score (nSPS) is 9.62. The van der Waals surface area contributed by atoms with Crippen LogP contribution in [-0.4, -0.2) is 18.6 Å². The van der Waals surface area contributed by atoms with Gasteiger partial charge in [-0.1, -0.05) is 18.2 Å². The van der Waals surface area contributed by atoms with E-state index in [1.165, 1.54) is 25.3 Å². The van der Waals surface area contributed by atoms with Gasteiger partial charge < -0.3 is 9.47 Å². The van der Waals surface area contributed by atoms with Gasteiger partial charge in [0.2, 0.25) is 0 Å². The Morgan fingerprint density at radius 1 is 1.56 bits per heavy atom. The highest BCUT2D eigenvalue weighted by atomic mass is 35.5. The maximum atomic E-state index is 10.6. The van der Waals surface area contributed by atoms with E-state index in [-0.39, 0.29) is 18.0 Å². The Morgan fingerprint density at radius 3 is 2.75 bits per heavy atom. The van der Waals surface area contributed by atoms with Crippen LogP contribution in [0.5, 0.6) is 11.5 Å². The monoisotopic (exact) mass is 243 g/mol. The summed E-state index contributed by atoms with van der Waals surface area (Å²) in [7, 11) is 1.45. The molecule has 0 spiro atoms.